The van der Waals surface area contributed by atoms with Gasteiger partial charge in [-0.25, -0.2) is 0 Å². The van der Waals surface area contributed by atoms with Crippen LogP contribution < -0.4 is 10.6 Å². The molecule has 1 amide bonds. The van der Waals surface area contributed by atoms with Crippen molar-refractivity contribution in [3.8, 4) is 6.07 Å². The number of rotatable bonds is 5. The van der Waals surface area contributed by atoms with Crippen LogP contribution in [0.1, 0.15) is 18.4 Å². The van der Waals surface area contributed by atoms with E-state index in [0.29, 0.717) is 23.7 Å². The van der Waals surface area contributed by atoms with Crippen molar-refractivity contribution in [2.45, 2.75) is 12.8 Å². The molecule has 2 N–H and O–H groups in total. The van der Waals surface area contributed by atoms with Crippen molar-refractivity contribution >= 4 is 11.6 Å². The summed E-state index contributed by atoms with van der Waals surface area (Å²) < 4.78 is 0. The van der Waals surface area contributed by atoms with Gasteiger partial charge in [0, 0.05) is 6.54 Å². The average Bonchev–Trinajstić information content (AvgIpc) is 2.48. The van der Waals surface area contributed by atoms with Gasteiger partial charge in [0.15, 0.2) is 0 Å². The fraction of sp³-hybridized carbons (Fsp3) is 0.500. The Bertz CT molecular complexity index is 521. The Balaban J connectivity index is 1.88. The second-order valence-electron chi connectivity index (χ2n) is 5.51. The summed E-state index contributed by atoms with van der Waals surface area (Å²) in [6.07, 6.45) is 2.35. The van der Waals surface area contributed by atoms with Gasteiger partial charge in [0.1, 0.15) is 6.07 Å². The predicted molar refractivity (Wildman–Crippen MR) is 82.9 cm³/mol. The highest BCUT2D eigenvalue weighted by atomic mass is 16.2. The Morgan fingerprint density at radius 1 is 1.48 bits per heavy atom. The van der Waals surface area contributed by atoms with Crippen LogP contribution in [-0.2, 0) is 4.79 Å². The van der Waals surface area contributed by atoms with E-state index in [1.54, 1.807) is 18.2 Å². The van der Waals surface area contributed by atoms with Crippen LogP contribution in [0.25, 0.3) is 0 Å². The number of piperidine rings is 1. The van der Waals surface area contributed by atoms with Crippen LogP contribution in [0.2, 0.25) is 0 Å². The summed E-state index contributed by atoms with van der Waals surface area (Å²) in [7, 11) is 1.96. The van der Waals surface area contributed by atoms with E-state index in [-0.39, 0.29) is 5.91 Å². The first-order valence-corrected chi connectivity index (χ1v) is 7.39. The molecular weight excluding hydrogens is 264 g/mol. The van der Waals surface area contributed by atoms with Gasteiger partial charge < -0.3 is 10.6 Å². The minimum atomic E-state index is -0.0530. The molecule has 1 heterocycles. The van der Waals surface area contributed by atoms with Crippen LogP contribution in [0.4, 0.5) is 5.69 Å². The second kappa shape index (κ2) is 7.77. The number of anilines is 1. The first-order valence-electron chi connectivity index (χ1n) is 7.39. The van der Waals surface area contributed by atoms with Gasteiger partial charge in [0.05, 0.1) is 17.8 Å². The molecule has 5 nitrogen and oxygen atoms in total. The van der Waals surface area contributed by atoms with Crippen LogP contribution in [0.5, 0.6) is 0 Å². The number of hydrogen-bond donors (Lipinski definition) is 2. The highest BCUT2D eigenvalue weighted by Gasteiger charge is 2.21. The van der Waals surface area contributed by atoms with Gasteiger partial charge in [-0.05, 0) is 51.0 Å². The smallest absolute Gasteiger partial charge is 0.238 e. The molecule has 0 aromatic heterocycles. The molecule has 2 rings (SSSR count). The number of nitrogens with one attached hydrogen (secondary N) is 2. The molecule has 0 bridgehead atoms. The maximum absolute atomic E-state index is 12.1. The molecule has 1 aliphatic heterocycles. The lowest BCUT2D eigenvalue weighted by atomic mass is 9.98. The molecule has 1 aromatic carbocycles. The van der Waals surface area contributed by atoms with Gasteiger partial charge in [0.2, 0.25) is 5.91 Å². The van der Waals surface area contributed by atoms with Crippen LogP contribution in [0, 0.1) is 17.2 Å². The molecule has 1 aromatic rings. The van der Waals surface area contributed by atoms with E-state index in [9.17, 15) is 4.79 Å². The minimum absolute atomic E-state index is 0.0530. The standard InChI is InChI=1S/C16H22N4O/c1-18-10-13-5-4-8-20(11-13)12-16(21)19-15-7-3-2-6-14(15)9-17/h2-3,6-7,13,18H,4-5,8,10-12H2,1H3,(H,19,21). The van der Waals surface area contributed by atoms with Crippen LogP contribution in [-0.4, -0.2) is 44.0 Å². The SMILES string of the molecule is CNCC1CCCN(CC(=O)Nc2ccccc2C#N)C1. The summed E-state index contributed by atoms with van der Waals surface area (Å²) in [4.78, 5) is 14.3. The van der Waals surface area contributed by atoms with Gasteiger partial charge in [0.25, 0.3) is 0 Å². The summed E-state index contributed by atoms with van der Waals surface area (Å²) in [5, 5.41) is 15.1. The van der Waals surface area contributed by atoms with Gasteiger partial charge in [-0.1, -0.05) is 12.1 Å². The van der Waals surface area contributed by atoms with Crippen molar-refractivity contribution in [2.24, 2.45) is 5.92 Å². The highest BCUT2D eigenvalue weighted by Crippen LogP contribution is 2.16. The number of benzene rings is 1. The molecular formula is C16H22N4O. The highest BCUT2D eigenvalue weighted by molar-refractivity contribution is 5.93. The lowest BCUT2D eigenvalue weighted by molar-refractivity contribution is -0.117. The summed E-state index contributed by atoms with van der Waals surface area (Å²) in [6, 6.07) is 9.17. The predicted octanol–water partition coefficient (Wildman–Crippen LogP) is 1.43. The molecule has 1 fully saturated rings. The van der Waals surface area contributed by atoms with E-state index in [1.165, 1.54) is 6.42 Å². The van der Waals surface area contributed by atoms with E-state index in [1.807, 2.05) is 13.1 Å². The normalized spacial score (nSPS) is 19.0. The molecule has 0 spiro atoms. The lowest BCUT2D eigenvalue weighted by Gasteiger charge is -2.32. The minimum Gasteiger partial charge on any atom is -0.324 e. The molecule has 0 aliphatic carbocycles. The maximum atomic E-state index is 12.1. The Morgan fingerprint density at radius 3 is 3.05 bits per heavy atom. The number of nitriles is 1. The van der Waals surface area contributed by atoms with E-state index < -0.39 is 0 Å². The molecule has 1 aliphatic rings. The van der Waals surface area contributed by atoms with Gasteiger partial charge in [-0.2, -0.15) is 5.26 Å². The molecule has 1 atom stereocenters. The first-order chi connectivity index (χ1) is 10.2. The lowest BCUT2D eigenvalue weighted by Crippen LogP contribution is -2.42. The number of likely N-dealkylation sites (tertiary alicyclic amines) is 1. The van der Waals surface area contributed by atoms with Gasteiger partial charge >= 0.3 is 0 Å². The Kier molecular flexibility index (Phi) is 5.73. The molecule has 21 heavy (non-hydrogen) atoms. The quantitative estimate of drug-likeness (QED) is 0.859. The number of para-hydroxylation sites is 1. The Morgan fingerprint density at radius 2 is 2.29 bits per heavy atom. The van der Waals surface area contributed by atoms with Gasteiger partial charge in [-0.3, -0.25) is 9.69 Å². The van der Waals surface area contributed by atoms with Crippen LogP contribution in [0.15, 0.2) is 24.3 Å². The van der Waals surface area contributed by atoms with E-state index in [0.717, 1.165) is 26.1 Å². The number of amides is 1. The number of carbonyl (C=O) groups excluding carboxylic acids is 1. The zero-order chi connectivity index (χ0) is 15.1. The average molecular weight is 286 g/mol. The van der Waals surface area contributed by atoms with Crippen LogP contribution >= 0.6 is 0 Å². The Labute approximate surface area is 125 Å². The topological polar surface area (TPSA) is 68.2 Å². The van der Waals surface area contributed by atoms with Crippen molar-refractivity contribution in [1.29, 1.82) is 5.26 Å². The number of carbonyl (C=O) groups is 1. The zero-order valence-corrected chi connectivity index (χ0v) is 12.4. The molecule has 0 saturated carbocycles. The third kappa shape index (κ3) is 4.55. The maximum Gasteiger partial charge on any atom is 0.238 e. The molecule has 0 radical (unpaired) electrons. The number of nitrogens with zero attached hydrogens (tertiary/aromatic N) is 2. The van der Waals surface area contributed by atoms with Crippen molar-refractivity contribution in [3.05, 3.63) is 29.8 Å². The number of hydrogen-bond acceptors (Lipinski definition) is 4. The monoisotopic (exact) mass is 286 g/mol. The van der Waals surface area contributed by atoms with E-state index in [2.05, 4.69) is 21.6 Å². The van der Waals surface area contributed by atoms with Crippen molar-refractivity contribution in [3.63, 3.8) is 0 Å². The Hall–Kier alpha value is -1.90. The fourth-order valence-corrected chi connectivity index (χ4v) is 2.83. The third-order valence-electron chi connectivity index (χ3n) is 3.78. The summed E-state index contributed by atoms with van der Waals surface area (Å²) in [5.74, 6) is 0.561. The largest absolute Gasteiger partial charge is 0.324 e. The molecule has 112 valence electrons. The molecule has 1 unspecified atom stereocenters. The fourth-order valence-electron chi connectivity index (χ4n) is 2.83. The summed E-state index contributed by atoms with van der Waals surface area (Å²) in [5.41, 5.74) is 1.09. The van der Waals surface area contributed by atoms with E-state index in [4.69, 9.17) is 5.26 Å². The zero-order valence-electron chi connectivity index (χ0n) is 12.4. The van der Waals surface area contributed by atoms with Crippen LogP contribution in [0.3, 0.4) is 0 Å². The summed E-state index contributed by atoms with van der Waals surface area (Å²) in [6.45, 7) is 3.30. The second-order valence-corrected chi connectivity index (χ2v) is 5.51. The van der Waals surface area contributed by atoms with Gasteiger partial charge in [-0.15, -0.1) is 0 Å². The molecule has 1 saturated heterocycles. The third-order valence-corrected chi connectivity index (χ3v) is 3.78. The van der Waals surface area contributed by atoms with E-state index >= 15 is 0 Å². The van der Waals surface area contributed by atoms with Crippen molar-refractivity contribution in [2.75, 3.05) is 38.5 Å². The first kappa shape index (κ1) is 15.5. The summed E-state index contributed by atoms with van der Waals surface area (Å²) >= 11 is 0. The molecule has 5 heteroatoms. The van der Waals surface area contributed by atoms with Crippen molar-refractivity contribution in [1.82, 2.24) is 10.2 Å². The van der Waals surface area contributed by atoms with Crippen molar-refractivity contribution < 1.29 is 4.79 Å².